The van der Waals surface area contributed by atoms with Crippen LogP contribution in [0.5, 0.6) is 0 Å². The number of piperidine rings is 1. The zero-order valence-corrected chi connectivity index (χ0v) is 10.7. The summed E-state index contributed by atoms with van der Waals surface area (Å²) >= 11 is 0. The van der Waals surface area contributed by atoms with E-state index < -0.39 is 5.97 Å². The molecule has 1 aliphatic heterocycles. The van der Waals surface area contributed by atoms with Gasteiger partial charge in [0.05, 0.1) is 5.92 Å². The Balaban J connectivity index is 1.65. The Morgan fingerprint density at radius 3 is 2.17 bits per heavy atom. The normalized spacial score (nSPS) is 28.5. The number of rotatable bonds is 4. The van der Waals surface area contributed by atoms with Crippen LogP contribution in [-0.2, 0) is 9.59 Å². The summed E-state index contributed by atoms with van der Waals surface area (Å²) in [5.74, 6) is 0.595. The summed E-state index contributed by atoms with van der Waals surface area (Å²) in [7, 11) is 0. The standard InChI is InChI=1S/C14H21NO3/c16-13(12(9-3-4-9)10-5-6-10)15-7-1-2-11(8-15)14(17)18/h9-12H,1-8H2,(H,17,18)/t11-/m0/s1. The molecule has 0 spiro atoms. The van der Waals surface area contributed by atoms with Crippen molar-refractivity contribution in [2.75, 3.05) is 13.1 Å². The molecular weight excluding hydrogens is 230 g/mol. The van der Waals surface area contributed by atoms with E-state index in [1.807, 2.05) is 4.90 Å². The summed E-state index contributed by atoms with van der Waals surface area (Å²) in [4.78, 5) is 25.4. The lowest BCUT2D eigenvalue weighted by Crippen LogP contribution is -2.45. The molecule has 2 aliphatic carbocycles. The molecule has 1 heterocycles. The van der Waals surface area contributed by atoms with Gasteiger partial charge in [-0.25, -0.2) is 0 Å². The number of amides is 1. The fourth-order valence-electron chi connectivity index (χ4n) is 3.29. The lowest BCUT2D eigenvalue weighted by molar-refractivity contribution is -0.147. The highest BCUT2D eigenvalue weighted by Crippen LogP contribution is 2.50. The molecule has 18 heavy (non-hydrogen) atoms. The van der Waals surface area contributed by atoms with Crippen molar-refractivity contribution < 1.29 is 14.7 Å². The van der Waals surface area contributed by atoms with E-state index in [9.17, 15) is 9.59 Å². The number of aliphatic carboxylic acids is 1. The van der Waals surface area contributed by atoms with Crippen molar-refractivity contribution >= 4 is 11.9 Å². The highest BCUT2D eigenvalue weighted by molar-refractivity contribution is 5.81. The number of carbonyl (C=O) groups excluding carboxylic acids is 1. The van der Waals surface area contributed by atoms with Gasteiger partial charge in [0.1, 0.15) is 0 Å². The zero-order valence-electron chi connectivity index (χ0n) is 10.7. The molecule has 4 heteroatoms. The van der Waals surface area contributed by atoms with Crippen molar-refractivity contribution in [2.45, 2.75) is 38.5 Å². The number of hydrogen-bond donors (Lipinski definition) is 1. The molecule has 4 nitrogen and oxygen atoms in total. The van der Waals surface area contributed by atoms with Crippen LogP contribution in [-0.4, -0.2) is 35.0 Å². The first kappa shape index (κ1) is 12.0. The summed E-state index contributed by atoms with van der Waals surface area (Å²) in [5.41, 5.74) is 0. The first-order chi connectivity index (χ1) is 8.66. The Bertz CT molecular complexity index is 348. The van der Waals surface area contributed by atoms with E-state index >= 15 is 0 Å². The molecule has 0 aromatic carbocycles. The summed E-state index contributed by atoms with van der Waals surface area (Å²) in [6.07, 6.45) is 6.35. The lowest BCUT2D eigenvalue weighted by Gasteiger charge is -2.33. The van der Waals surface area contributed by atoms with Crippen molar-refractivity contribution in [3.63, 3.8) is 0 Å². The van der Waals surface area contributed by atoms with Crippen LogP contribution in [0.2, 0.25) is 0 Å². The van der Waals surface area contributed by atoms with Crippen LogP contribution in [0, 0.1) is 23.7 Å². The Labute approximate surface area is 107 Å². The topological polar surface area (TPSA) is 57.6 Å². The third-order valence-electron chi connectivity index (χ3n) is 4.63. The number of likely N-dealkylation sites (tertiary alicyclic amines) is 1. The van der Waals surface area contributed by atoms with Gasteiger partial charge in [0.25, 0.3) is 0 Å². The van der Waals surface area contributed by atoms with Crippen LogP contribution < -0.4 is 0 Å². The van der Waals surface area contributed by atoms with E-state index in [4.69, 9.17) is 5.11 Å². The van der Waals surface area contributed by atoms with Crippen molar-refractivity contribution in [3.8, 4) is 0 Å². The van der Waals surface area contributed by atoms with Crippen molar-refractivity contribution in [1.29, 1.82) is 0 Å². The van der Waals surface area contributed by atoms with Gasteiger partial charge >= 0.3 is 5.97 Å². The van der Waals surface area contributed by atoms with Gasteiger partial charge in [-0.05, 0) is 50.4 Å². The Kier molecular flexibility index (Phi) is 3.04. The van der Waals surface area contributed by atoms with E-state index in [1.165, 1.54) is 25.7 Å². The molecule has 0 aromatic heterocycles. The fraction of sp³-hybridized carbons (Fsp3) is 0.857. The smallest absolute Gasteiger partial charge is 0.308 e. The minimum atomic E-state index is -0.748. The van der Waals surface area contributed by atoms with Crippen LogP contribution in [0.25, 0.3) is 0 Å². The second-order valence-corrected chi connectivity index (χ2v) is 6.16. The molecule has 0 radical (unpaired) electrons. The predicted molar refractivity (Wildman–Crippen MR) is 65.9 cm³/mol. The average molecular weight is 251 g/mol. The summed E-state index contributed by atoms with van der Waals surface area (Å²) in [5, 5.41) is 9.08. The average Bonchev–Trinajstić information content (AvgIpc) is 3.23. The highest BCUT2D eigenvalue weighted by atomic mass is 16.4. The minimum absolute atomic E-state index is 0.220. The third kappa shape index (κ3) is 2.38. The zero-order chi connectivity index (χ0) is 12.7. The molecule has 1 saturated heterocycles. The SMILES string of the molecule is O=C(O)[C@H]1CCCN(C(=O)C(C2CC2)C2CC2)C1. The Morgan fingerprint density at radius 1 is 1.06 bits per heavy atom. The van der Waals surface area contributed by atoms with E-state index in [2.05, 4.69) is 0 Å². The lowest BCUT2D eigenvalue weighted by atomic mass is 9.92. The fourth-order valence-corrected chi connectivity index (χ4v) is 3.29. The van der Waals surface area contributed by atoms with Crippen LogP contribution >= 0.6 is 0 Å². The maximum Gasteiger partial charge on any atom is 0.308 e. The Morgan fingerprint density at radius 2 is 1.67 bits per heavy atom. The Hall–Kier alpha value is -1.06. The van der Waals surface area contributed by atoms with E-state index in [1.54, 1.807) is 0 Å². The second-order valence-electron chi connectivity index (χ2n) is 6.16. The molecule has 0 unspecified atom stereocenters. The summed E-state index contributed by atoms with van der Waals surface area (Å²) in [6, 6.07) is 0. The molecule has 2 saturated carbocycles. The number of carboxylic acid groups (broad SMARTS) is 1. The molecule has 100 valence electrons. The summed E-state index contributed by atoms with van der Waals surface area (Å²) < 4.78 is 0. The van der Waals surface area contributed by atoms with Gasteiger partial charge in [-0.1, -0.05) is 0 Å². The molecular formula is C14H21NO3. The van der Waals surface area contributed by atoms with Gasteiger partial charge in [0.2, 0.25) is 5.91 Å². The van der Waals surface area contributed by atoms with Gasteiger partial charge in [0.15, 0.2) is 0 Å². The van der Waals surface area contributed by atoms with E-state index in [0.29, 0.717) is 18.4 Å². The molecule has 3 fully saturated rings. The first-order valence-electron chi connectivity index (χ1n) is 7.18. The molecule has 0 bridgehead atoms. The van der Waals surface area contributed by atoms with Crippen LogP contribution in [0.3, 0.4) is 0 Å². The van der Waals surface area contributed by atoms with Crippen LogP contribution in [0.1, 0.15) is 38.5 Å². The highest BCUT2D eigenvalue weighted by Gasteiger charge is 2.47. The van der Waals surface area contributed by atoms with E-state index in [-0.39, 0.29) is 17.7 Å². The number of nitrogens with zero attached hydrogens (tertiary/aromatic N) is 1. The van der Waals surface area contributed by atoms with Crippen molar-refractivity contribution in [2.24, 2.45) is 23.7 Å². The van der Waals surface area contributed by atoms with Gasteiger partial charge in [-0.15, -0.1) is 0 Å². The van der Waals surface area contributed by atoms with E-state index in [0.717, 1.165) is 19.4 Å². The van der Waals surface area contributed by atoms with Gasteiger partial charge in [-0.3, -0.25) is 9.59 Å². The molecule has 3 rings (SSSR count). The van der Waals surface area contributed by atoms with Gasteiger partial charge in [-0.2, -0.15) is 0 Å². The molecule has 1 atom stereocenters. The van der Waals surface area contributed by atoms with Crippen molar-refractivity contribution in [3.05, 3.63) is 0 Å². The third-order valence-corrected chi connectivity index (χ3v) is 4.63. The van der Waals surface area contributed by atoms with Crippen LogP contribution in [0.4, 0.5) is 0 Å². The van der Waals surface area contributed by atoms with Gasteiger partial charge < -0.3 is 10.0 Å². The first-order valence-corrected chi connectivity index (χ1v) is 7.18. The monoisotopic (exact) mass is 251 g/mol. The predicted octanol–water partition coefficient (Wildman–Crippen LogP) is 1.75. The molecule has 3 aliphatic rings. The largest absolute Gasteiger partial charge is 0.481 e. The minimum Gasteiger partial charge on any atom is -0.481 e. The molecule has 1 N–H and O–H groups in total. The number of carbonyl (C=O) groups is 2. The second kappa shape index (κ2) is 4.56. The van der Waals surface area contributed by atoms with Gasteiger partial charge in [0, 0.05) is 19.0 Å². The molecule has 1 amide bonds. The number of carboxylic acids is 1. The van der Waals surface area contributed by atoms with Crippen LogP contribution in [0.15, 0.2) is 0 Å². The van der Waals surface area contributed by atoms with Crippen molar-refractivity contribution in [1.82, 2.24) is 4.90 Å². The quantitative estimate of drug-likeness (QED) is 0.828. The summed E-state index contributed by atoms with van der Waals surface area (Å²) in [6.45, 7) is 1.20. The number of hydrogen-bond acceptors (Lipinski definition) is 2. The maximum atomic E-state index is 12.6. The maximum absolute atomic E-state index is 12.6. The molecule has 0 aromatic rings.